The van der Waals surface area contributed by atoms with Gasteiger partial charge in [-0.2, -0.15) is 0 Å². The number of aromatic nitrogens is 2. The van der Waals surface area contributed by atoms with Gasteiger partial charge < -0.3 is 9.73 Å². The fourth-order valence-electron chi connectivity index (χ4n) is 6.38. The van der Waals surface area contributed by atoms with Gasteiger partial charge in [-0.1, -0.05) is 30.0 Å². The van der Waals surface area contributed by atoms with Crippen LogP contribution in [0.3, 0.4) is 0 Å². The van der Waals surface area contributed by atoms with E-state index in [0.29, 0.717) is 5.22 Å². The molecule has 0 aliphatic heterocycles. The van der Waals surface area contributed by atoms with Crippen LogP contribution in [0.25, 0.3) is 0 Å². The molecule has 1 aromatic heterocycles. The highest BCUT2D eigenvalue weighted by molar-refractivity contribution is 7.99. The van der Waals surface area contributed by atoms with Crippen LogP contribution in [0.2, 0.25) is 0 Å². The molecule has 0 unspecified atom stereocenters. The zero-order valence-corrected chi connectivity index (χ0v) is 18.9. The predicted octanol–water partition coefficient (Wildman–Crippen LogP) is 5.12. The van der Waals surface area contributed by atoms with Gasteiger partial charge in [-0.05, 0) is 93.7 Å². The Bertz CT molecular complexity index is 918. The summed E-state index contributed by atoms with van der Waals surface area (Å²) < 4.78 is 6.10. The number of hydrogen-bond acceptors (Lipinski definition) is 5. The van der Waals surface area contributed by atoms with Gasteiger partial charge in [-0.25, -0.2) is 0 Å². The first-order chi connectivity index (χ1) is 14.4. The highest BCUT2D eigenvalue weighted by Gasteiger charge is 2.54. The maximum atomic E-state index is 12.5. The van der Waals surface area contributed by atoms with Crippen molar-refractivity contribution in [1.29, 1.82) is 0 Å². The van der Waals surface area contributed by atoms with E-state index < -0.39 is 0 Å². The third kappa shape index (κ3) is 3.79. The summed E-state index contributed by atoms with van der Waals surface area (Å²) in [5.74, 6) is 3.64. The van der Waals surface area contributed by atoms with E-state index in [1.165, 1.54) is 61.4 Å². The summed E-state index contributed by atoms with van der Waals surface area (Å²) >= 11 is 1.34. The first-order valence-electron chi connectivity index (χ1n) is 11.2. The van der Waals surface area contributed by atoms with E-state index in [1.54, 1.807) is 0 Å². The summed E-state index contributed by atoms with van der Waals surface area (Å²) in [6.45, 7) is 6.21. The number of rotatable bonds is 6. The lowest BCUT2D eigenvalue weighted by atomic mass is 9.49. The average molecular weight is 426 g/mol. The van der Waals surface area contributed by atoms with Crippen LogP contribution in [0.5, 0.6) is 0 Å². The quantitative estimate of drug-likeness (QED) is 0.650. The predicted molar refractivity (Wildman–Crippen MR) is 117 cm³/mol. The number of nitrogens with one attached hydrogen (secondary N) is 1. The fraction of sp³-hybridized carbons (Fsp3) is 0.625. The second kappa shape index (κ2) is 7.70. The monoisotopic (exact) mass is 425 g/mol. The van der Waals surface area contributed by atoms with Gasteiger partial charge in [0.2, 0.25) is 11.8 Å². The first-order valence-corrected chi connectivity index (χ1v) is 12.2. The van der Waals surface area contributed by atoms with Crippen molar-refractivity contribution in [3.8, 4) is 0 Å². The highest BCUT2D eigenvalue weighted by Crippen LogP contribution is 2.60. The Kier molecular flexibility index (Phi) is 5.16. The molecular formula is C24H31N3O2S. The smallest absolute Gasteiger partial charge is 0.277 e. The van der Waals surface area contributed by atoms with Crippen molar-refractivity contribution in [2.75, 3.05) is 5.75 Å². The van der Waals surface area contributed by atoms with E-state index in [-0.39, 0.29) is 23.1 Å². The summed E-state index contributed by atoms with van der Waals surface area (Å²) in [7, 11) is 0. The zero-order chi connectivity index (χ0) is 20.9. The van der Waals surface area contributed by atoms with Crippen molar-refractivity contribution in [2.24, 2.45) is 17.8 Å². The molecule has 0 radical (unpaired) electrons. The van der Waals surface area contributed by atoms with Gasteiger partial charge in [0.15, 0.2) is 0 Å². The van der Waals surface area contributed by atoms with Crippen LogP contribution in [0, 0.1) is 31.6 Å². The molecule has 4 fully saturated rings. The van der Waals surface area contributed by atoms with E-state index in [9.17, 15) is 4.79 Å². The summed E-state index contributed by atoms with van der Waals surface area (Å²) in [6, 6.07) is 6.30. The molecule has 160 valence electrons. The third-order valence-corrected chi connectivity index (χ3v) is 8.45. The minimum Gasteiger partial charge on any atom is -0.415 e. The molecule has 0 spiro atoms. The number of carbonyl (C=O) groups excluding carboxylic acids is 1. The molecule has 6 rings (SSSR count). The van der Waals surface area contributed by atoms with Crippen LogP contribution >= 0.6 is 11.8 Å². The SMILES string of the molecule is Cc1ccc([C@H](C)NC(=O)CSc2nnc(C34CC5CC(CC(C5)C3)C4)o2)cc1C. The zero-order valence-electron chi connectivity index (χ0n) is 18.1. The van der Waals surface area contributed by atoms with Gasteiger partial charge in [-0.3, -0.25) is 4.79 Å². The Balaban J connectivity index is 1.18. The third-order valence-electron chi connectivity index (χ3n) is 7.63. The maximum Gasteiger partial charge on any atom is 0.277 e. The van der Waals surface area contributed by atoms with Crippen molar-refractivity contribution < 1.29 is 9.21 Å². The molecule has 1 atom stereocenters. The van der Waals surface area contributed by atoms with Crippen LogP contribution in [-0.4, -0.2) is 21.9 Å². The van der Waals surface area contributed by atoms with Crippen LogP contribution in [0.1, 0.15) is 74.1 Å². The van der Waals surface area contributed by atoms with E-state index in [1.807, 2.05) is 6.92 Å². The topological polar surface area (TPSA) is 68.0 Å². The van der Waals surface area contributed by atoms with Gasteiger partial charge >= 0.3 is 0 Å². The lowest BCUT2D eigenvalue weighted by molar-refractivity contribution is -0.119. The number of nitrogens with zero attached hydrogens (tertiary/aromatic N) is 2. The Labute approximate surface area is 182 Å². The number of hydrogen-bond donors (Lipinski definition) is 1. The fourth-order valence-corrected chi connectivity index (χ4v) is 6.96. The number of benzene rings is 1. The number of amides is 1. The Morgan fingerprint density at radius 3 is 2.43 bits per heavy atom. The van der Waals surface area contributed by atoms with E-state index in [0.717, 1.165) is 29.2 Å². The summed E-state index contributed by atoms with van der Waals surface area (Å²) in [6.07, 6.45) is 7.81. The molecule has 5 nitrogen and oxygen atoms in total. The molecule has 4 aliphatic rings. The number of thioether (sulfide) groups is 1. The summed E-state index contributed by atoms with van der Waals surface area (Å²) in [5, 5.41) is 12.3. The molecule has 4 bridgehead atoms. The first kappa shape index (κ1) is 20.1. The maximum absolute atomic E-state index is 12.5. The van der Waals surface area contributed by atoms with Gasteiger partial charge in [0.1, 0.15) is 0 Å². The molecule has 1 heterocycles. The highest BCUT2D eigenvalue weighted by atomic mass is 32.2. The molecular weight excluding hydrogens is 394 g/mol. The molecule has 1 N–H and O–H groups in total. The summed E-state index contributed by atoms with van der Waals surface area (Å²) in [4.78, 5) is 12.5. The average Bonchev–Trinajstić information content (AvgIpc) is 3.17. The van der Waals surface area contributed by atoms with Gasteiger partial charge in [0, 0.05) is 5.41 Å². The van der Waals surface area contributed by atoms with Crippen LogP contribution in [-0.2, 0) is 10.2 Å². The lowest BCUT2D eigenvalue weighted by Crippen LogP contribution is -2.48. The van der Waals surface area contributed by atoms with Crippen LogP contribution in [0.4, 0.5) is 0 Å². The van der Waals surface area contributed by atoms with Gasteiger partial charge in [0.05, 0.1) is 11.8 Å². The number of carbonyl (C=O) groups is 1. The summed E-state index contributed by atoms with van der Waals surface area (Å²) in [5.41, 5.74) is 3.74. The van der Waals surface area contributed by atoms with Crippen molar-refractivity contribution in [3.63, 3.8) is 0 Å². The second-order valence-corrected chi connectivity index (χ2v) is 10.9. The molecule has 30 heavy (non-hydrogen) atoms. The van der Waals surface area contributed by atoms with Crippen LogP contribution in [0.15, 0.2) is 27.8 Å². The number of aryl methyl sites for hydroxylation is 2. The molecule has 0 saturated heterocycles. The van der Waals surface area contributed by atoms with E-state index in [2.05, 4.69) is 47.6 Å². The molecule has 1 amide bonds. The van der Waals surface area contributed by atoms with Gasteiger partial charge in [0.25, 0.3) is 5.22 Å². The van der Waals surface area contributed by atoms with Crippen molar-refractivity contribution in [3.05, 3.63) is 40.8 Å². The molecule has 4 saturated carbocycles. The molecule has 1 aromatic carbocycles. The minimum atomic E-state index is -0.0253. The Morgan fingerprint density at radius 1 is 1.13 bits per heavy atom. The Hall–Kier alpha value is -1.82. The minimum absolute atomic E-state index is 0.0136. The van der Waals surface area contributed by atoms with Crippen molar-refractivity contribution >= 4 is 17.7 Å². The largest absolute Gasteiger partial charge is 0.415 e. The van der Waals surface area contributed by atoms with E-state index >= 15 is 0 Å². The lowest BCUT2D eigenvalue weighted by Gasteiger charge is -2.55. The second-order valence-electron chi connectivity index (χ2n) is 9.99. The van der Waals surface area contributed by atoms with E-state index in [4.69, 9.17) is 4.42 Å². The van der Waals surface area contributed by atoms with Crippen molar-refractivity contribution in [2.45, 2.75) is 76.0 Å². The molecule has 6 heteroatoms. The normalized spacial score (nSPS) is 30.4. The van der Waals surface area contributed by atoms with Crippen molar-refractivity contribution in [1.82, 2.24) is 15.5 Å². The molecule has 2 aromatic rings. The van der Waals surface area contributed by atoms with Gasteiger partial charge in [-0.15, -0.1) is 10.2 Å². The standard InChI is InChI=1S/C24H31N3O2S/c1-14-4-5-20(6-15(14)2)16(3)25-21(28)13-30-23-27-26-22(29-23)24-10-17-7-18(11-24)9-19(8-17)12-24/h4-6,16-19H,7-13H2,1-3H3,(H,25,28)/t16-,17?,18?,19?,24?/m0/s1. The molecule has 4 aliphatic carbocycles. The Morgan fingerprint density at radius 2 is 1.80 bits per heavy atom. The van der Waals surface area contributed by atoms with Crippen LogP contribution < -0.4 is 5.32 Å².